The van der Waals surface area contributed by atoms with Crippen molar-refractivity contribution in [2.45, 2.75) is 76.1 Å². The summed E-state index contributed by atoms with van der Waals surface area (Å²) in [5.41, 5.74) is 3.63. The molecule has 31 heavy (non-hydrogen) atoms. The second-order valence-corrected chi connectivity index (χ2v) is 10.1. The van der Waals surface area contributed by atoms with Gasteiger partial charge < -0.3 is 19.3 Å². The highest BCUT2D eigenvalue weighted by molar-refractivity contribution is 5.70. The standard InChI is InChI=1S/C25H31N3O3/c1-2-3-10-31-24(30)28-16-8-9-17(28)12-25(11-16)13-20(23(25)29)22-19-7-5-4-6-18(19)21-14-26-15-27(21)22/h4-7,14-17,20,22-23,29H,2-3,8-13H2,1H3/t16-,17+,20-,22-,23+,25?/m0/s1. The molecule has 1 aromatic carbocycles. The number of aromatic nitrogens is 2. The van der Waals surface area contributed by atoms with Gasteiger partial charge in [-0.3, -0.25) is 0 Å². The van der Waals surface area contributed by atoms with Crippen LogP contribution in [0.1, 0.15) is 63.5 Å². The topological polar surface area (TPSA) is 67.6 Å². The highest BCUT2D eigenvalue weighted by atomic mass is 16.6. The molecule has 4 aliphatic rings. The van der Waals surface area contributed by atoms with Gasteiger partial charge in [0.25, 0.3) is 0 Å². The zero-order chi connectivity index (χ0) is 21.2. The number of unbranched alkanes of at least 4 members (excludes halogenated alkanes) is 1. The second-order valence-electron chi connectivity index (χ2n) is 10.1. The molecule has 164 valence electrons. The first-order valence-corrected chi connectivity index (χ1v) is 11.9. The first-order chi connectivity index (χ1) is 15.1. The van der Waals surface area contributed by atoms with Crippen molar-refractivity contribution in [3.8, 4) is 11.3 Å². The maximum atomic E-state index is 12.7. The van der Waals surface area contributed by atoms with E-state index in [1.807, 2.05) is 17.4 Å². The van der Waals surface area contributed by atoms with Gasteiger partial charge in [-0.2, -0.15) is 0 Å². The SMILES string of the molecule is CCCCOC(=O)N1[C@@H]2CC[C@H]1CC1(C[C@@H]([C@@H]3c4ccccc4-c4cncn43)[C@H]1O)C2. The number of benzene rings is 1. The number of imidazole rings is 1. The first-order valence-electron chi connectivity index (χ1n) is 11.9. The van der Waals surface area contributed by atoms with E-state index >= 15 is 0 Å². The molecular formula is C25H31N3O3. The van der Waals surface area contributed by atoms with Crippen LogP contribution in [0, 0.1) is 11.3 Å². The summed E-state index contributed by atoms with van der Waals surface area (Å²) >= 11 is 0. The van der Waals surface area contributed by atoms with E-state index in [1.54, 1.807) is 0 Å². The van der Waals surface area contributed by atoms with Crippen molar-refractivity contribution in [3.63, 3.8) is 0 Å². The smallest absolute Gasteiger partial charge is 0.410 e. The number of rotatable bonds is 4. The van der Waals surface area contributed by atoms with Crippen molar-refractivity contribution in [2.24, 2.45) is 11.3 Å². The number of hydrogen-bond acceptors (Lipinski definition) is 4. The van der Waals surface area contributed by atoms with Crippen LogP contribution in [0.2, 0.25) is 0 Å². The summed E-state index contributed by atoms with van der Waals surface area (Å²) in [6.07, 6.45) is 10.2. The van der Waals surface area contributed by atoms with E-state index in [4.69, 9.17) is 4.74 Å². The van der Waals surface area contributed by atoms with E-state index in [9.17, 15) is 9.90 Å². The lowest BCUT2D eigenvalue weighted by Crippen LogP contribution is -2.62. The van der Waals surface area contributed by atoms with E-state index in [2.05, 4.69) is 40.7 Å². The molecule has 1 spiro atoms. The highest BCUT2D eigenvalue weighted by Crippen LogP contribution is 2.63. The quantitative estimate of drug-likeness (QED) is 0.744. The lowest BCUT2D eigenvalue weighted by atomic mass is 9.51. The van der Waals surface area contributed by atoms with Crippen LogP contribution in [0.5, 0.6) is 0 Å². The Kier molecular flexibility index (Phi) is 4.43. The average Bonchev–Trinajstić information content (AvgIpc) is 3.44. The molecule has 4 heterocycles. The predicted molar refractivity (Wildman–Crippen MR) is 116 cm³/mol. The number of ether oxygens (including phenoxy) is 1. The summed E-state index contributed by atoms with van der Waals surface area (Å²) in [5.74, 6) is 0.194. The predicted octanol–water partition coefficient (Wildman–Crippen LogP) is 4.38. The Balaban J connectivity index is 1.20. The number of amides is 1. The van der Waals surface area contributed by atoms with E-state index in [0.29, 0.717) is 6.61 Å². The summed E-state index contributed by atoms with van der Waals surface area (Å²) < 4.78 is 7.79. The number of carbonyl (C=O) groups is 1. The zero-order valence-corrected chi connectivity index (χ0v) is 18.1. The minimum absolute atomic E-state index is 0.0605. The van der Waals surface area contributed by atoms with Crippen LogP contribution >= 0.6 is 0 Å². The fourth-order valence-corrected chi connectivity index (χ4v) is 7.06. The Morgan fingerprint density at radius 3 is 2.74 bits per heavy atom. The van der Waals surface area contributed by atoms with Gasteiger partial charge in [0.05, 0.1) is 37.0 Å². The van der Waals surface area contributed by atoms with Crippen molar-refractivity contribution in [1.82, 2.24) is 14.5 Å². The van der Waals surface area contributed by atoms with Crippen LogP contribution in [0.25, 0.3) is 11.3 Å². The van der Waals surface area contributed by atoms with Gasteiger partial charge in [-0.25, -0.2) is 9.78 Å². The third-order valence-corrected chi connectivity index (χ3v) is 8.44. The van der Waals surface area contributed by atoms with Gasteiger partial charge in [-0.15, -0.1) is 0 Å². The van der Waals surface area contributed by atoms with Crippen LogP contribution in [-0.2, 0) is 4.74 Å². The molecule has 1 saturated carbocycles. The fourth-order valence-electron chi connectivity index (χ4n) is 7.06. The maximum absolute atomic E-state index is 12.7. The van der Waals surface area contributed by atoms with Gasteiger partial charge in [0.1, 0.15) is 0 Å². The van der Waals surface area contributed by atoms with E-state index in [1.165, 1.54) is 11.1 Å². The second kappa shape index (κ2) is 7.09. The molecule has 2 aromatic rings. The molecule has 2 bridgehead atoms. The third-order valence-electron chi connectivity index (χ3n) is 8.44. The van der Waals surface area contributed by atoms with Gasteiger partial charge in [0.15, 0.2) is 0 Å². The first kappa shape index (κ1) is 19.4. The molecule has 1 unspecified atom stereocenters. The van der Waals surface area contributed by atoms with Crippen molar-refractivity contribution in [3.05, 3.63) is 42.4 Å². The molecule has 1 aliphatic carbocycles. The Morgan fingerprint density at radius 2 is 2.00 bits per heavy atom. The van der Waals surface area contributed by atoms with Gasteiger partial charge in [0, 0.05) is 29.0 Å². The highest BCUT2D eigenvalue weighted by Gasteiger charge is 2.62. The van der Waals surface area contributed by atoms with Crippen LogP contribution in [0.15, 0.2) is 36.8 Å². The minimum atomic E-state index is -0.347. The molecule has 6 nitrogen and oxygen atoms in total. The van der Waals surface area contributed by atoms with Gasteiger partial charge in [0.2, 0.25) is 0 Å². The van der Waals surface area contributed by atoms with Crippen LogP contribution in [0.4, 0.5) is 4.79 Å². The van der Waals surface area contributed by atoms with Crippen LogP contribution in [-0.4, -0.2) is 50.4 Å². The Hall–Kier alpha value is -2.34. The monoisotopic (exact) mass is 421 g/mol. The van der Waals surface area contributed by atoms with Gasteiger partial charge in [-0.1, -0.05) is 37.6 Å². The largest absolute Gasteiger partial charge is 0.449 e. The molecule has 2 saturated heterocycles. The molecule has 1 N–H and O–H groups in total. The lowest BCUT2D eigenvalue weighted by molar-refractivity contribution is -0.167. The average molecular weight is 422 g/mol. The zero-order valence-electron chi connectivity index (χ0n) is 18.1. The molecule has 3 fully saturated rings. The summed E-state index contributed by atoms with van der Waals surface area (Å²) in [6.45, 7) is 2.61. The number of piperidine rings is 1. The van der Waals surface area contributed by atoms with Crippen molar-refractivity contribution in [2.75, 3.05) is 6.61 Å². The van der Waals surface area contributed by atoms with Crippen molar-refractivity contribution in [1.29, 1.82) is 0 Å². The lowest BCUT2D eigenvalue weighted by Gasteiger charge is -2.59. The summed E-state index contributed by atoms with van der Waals surface area (Å²) in [6, 6.07) is 9.10. The molecule has 0 radical (unpaired) electrons. The molecule has 6 heteroatoms. The van der Waals surface area contributed by atoms with Gasteiger partial charge in [-0.05, 0) is 44.1 Å². The number of aliphatic hydroxyl groups excluding tert-OH is 1. The number of aliphatic hydroxyl groups is 1. The number of fused-ring (bicyclic) bond motifs is 5. The van der Waals surface area contributed by atoms with Crippen LogP contribution in [0.3, 0.4) is 0 Å². The normalized spacial score (nSPS) is 35.0. The third kappa shape index (κ3) is 2.73. The van der Waals surface area contributed by atoms with Crippen molar-refractivity contribution < 1.29 is 14.6 Å². The molecular weight excluding hydrogens is 390 g/mol. The molecule has 1 amide bonds. The Morgan fingerprint density at radius 1 is 1.23 bits per heavy atom. The minimum Gasteiger partial charge on any atom is -0.449 e. The number of hydrogen-bond donors (Lipinski definition) is 1. The Labute approximate surface area is 183 Å². The molecule has 1 aromatic heterocycles. The summed E-state index contributed by atoms with van der Waals surface area (Å²) in [7, 11) is 0. The van der Waals surface area contributed by atoms with E-state index in [0.717, 1.165) is 50.6 Å². The summed E-state index contributed by atoms with van der Waals surface area (Å²) in [4.78, 5) is 19.1. The number of carbonyl (C=O) groups excluding carboxylic acids is 1. The van der Waals surface area contributed by atoms with Crippen LogP contribution < -0.4 is 0 Å². The maximum Gasteiger partial charge on any atom is 0.410 e. The van der Waals surface area contributed by atoms with Gasteiger partial charge >= 0.3 is 6.09 Å². The summed E-state index contributed by atoms with van der Waals surface area (Å²) in [5, 5.41) is 11.5. The molecule has 3 aliphatic heterocycles. The van der Waals surface area contributed by atoms with Crippen molar-refractivity contribution >= 4 is 6.09 Å². The molecule has 6 atom stereocenters. The molecule has 6 rings (SSSR count). The van der Waals surface area contributed by atoms with E-state index in [-0.39, 0.29) is 41.7 Å². The number of nitrogens with zero attached hydrogens (tertiary/aromatic N) is 3. The Bertz CT molecular complexity index is 987. The fraction of sp³-hybridized carbons (Fsp3) is 0.600. The van der Waals surface area contributed by atoms with E-state index < -0.39 is 0 Å².